The van der Waals surface area contributed by atoms with E-state index in [-0.39, 0.29) is 24.9 Å². The summed E-state index contributed by atoms with van der Waals surface area (Å²) in [5, 5.41) is 0. The molecule has 7 nitrogen and oxygen atoms in total. The second kappa shape index (κ2) is 9.07. The first-order chi connectivity index (χ1) is 14.9. The number of hydrogen-bond acceptors (Lipinski definition) is 5. The molecule has 2 N–H and O–H groups in total. The molecule has 4 rings (SSSR count). The Balaban J connectivity index is 1.48. The van der Waals surface area contributed by atoms with Crippen LogP contribution in [-0.2, 0) is 29.2 Å². The first-order valence-corrected chi connectivity index (χ1v) is 10.4. The molecule has 0 aromatic heterocycles. The summed E-state index contributed by atoms with van der Waals surface area (Å²) in [5.74, 6) is -1.38. The molecule has 2 aliphatic heterocycles. The van der Waals surface area contributed by atoms with Gasteiger partial charge in [0.05, 0.1) is 25.7 Å². The van der Waals surface area contributed by atoms with E-state index in [1.807, 2.05) is 6.07 Å². The lowest BCUT2D eigenvalue weighted by Crippen LogP contribution is -2.45. The first-order valence-electron chi connectivity index (χ1n) is 10.4. The molecule has 0 saturated carbocycles. The molecule has 2 aromatic carbocycles. The lowest BCUT2D eigenvalue weighted by molar-refractivity contribution is -0.120. The van der Waals surface area contributed by atoms with Crippen LogP contribution >= 0.6 is 0 Å². The second-order valence-electron chi connectivity index (χ2n) is 7.90. The van der Waals surface area contributed by atoms with Gasteiger partial charge in [-0.3, -0.25) is 14.5 Å². The van der Waals surface area contributed by atoms with Crippen molar-refractivity contribution in [3.05, 3.63) is 64.5 Å². The quantitative estimate of drug-likeness (QED) is 0.659. The van der Waals surface area contributed by atoms with Crippen molar-refractivity contribution in [3.8, 4) is 5.75 Å². The maximum atomic E-state index is 14.4. The SMILES string of the molecule is BC(C(N)=O)N1Cc2c(OCc3cc(CN4CCOCC4)ccc3F)cccc2C1=O. The number of fused-ring (bicyclic) bond motifs is 1. The van der Waals surface area contributed by atoms with E-state index in [4.69, 9.17) is 15.2 Å². The van der Waals surface area contributed by atoms with Crippen molar-refractivity contribution in [2.24, 2.45) is 5.73 Å². The van der Waals surface area contributed by atoms with Crippen molar-refractivity contribution in [2.75, 3.05) is 26.3 Å². The zero-order chi connectivity index (χ0) is 22.0. The lowest BCUT2D eigenvalue weighted by Gasteiger charge is -2.26. The average molecular weight is 425 g/mol. The predicted octanol–water partition coefficient (Wildman–Crippen LogP) is 0.637. The molecular weight excluding hydrogens is 400 g/mol. The maximum Gasteiger partial charge on any atom is 0.254 e. The van der Waals surface area contributed by atoms with Crippen LogP contribution in [0.4, 0.5) is 4.39 Å². The van der Waals surface area contributed by atoms with Crippen molar-refractivity contribution in [1.82, 2.24) is 9.80 Å². The monoisotopic (exact) mass is 425 g/mol. The van der Waals surface area contributed by atoms with Gasteiger partial charge in [-0.15, -0.1) is 0 Å². The van der Waals surface area contributed by atoms with Crippen LogP contribution in [0.5, 0.6) is 5.75 Å². The van der Waals surface area contributed by atoms with Gasteiger partial charge in [0, 0.05) is 36.3 Å². The Morgan fingerprint density at radius 3 is 2.77 bits per heavy atom. The Hall–Kier alpha value is -2.91. The highest BCUT2D eigenvalue weighted by molar-refractivity contribution is 6.25. The van der Waals surface area contributed by atoms with Gasteiger partial charge in [-0.1, -0.05) is 12.1 Å². The van der Waals surface area contributed by atoms with Crippen molar-refractivity contribution >= 4 is 19.7 Å². The minimum atomic E-state index is -0.720. The zero-order valence-corrected chi connectivity index (χ0v) is 17.5. The predicted molar refractivity (Wildman–Crippen MR) is 115 cm³/mol. The Morgan fingerprint density at radius 2 is 2.03 bits per heavy atom. The van der Waals surface area contributed by atoms with Crippen molar-refractivity contribution in [3.63, 3.8) is 0 Å². The third-order valence-corrected chi connectivity index (χ3v) is 5.84. The Morgan fingerprint density at radius 1 is 1.26 bits per heavy atom. The van der Waals surface area contributed by atoms with Gasteiger partial charge in [-0.25, -0.2) is 4.39 Å². The van der Waals surface area contributed by atoms with Crippen LogP contribution in [0.1, 0.15) is 27.0 Å². The molecule has 1 unspecified atom stereocenters. The Labute approximate surface area is 181 Å². The molecule has 2 aromatic rings. The van der Waals surface area contributed by atoms with Gasteiger partial charge in [-0.05, 0) is 29.8 Å². The van der Waals surface area contributed by atoms with Crippen LogP contribution in [0.3, 0.4) is 0 Å². The van der Waals surface area contributed by atoms with E-state index >= 15 is 0 Å². The largest absolute Gasteiger partial charge is 0.488 e. The summed E-state index contributed by atoms with van der Waals surface area (Å²) in [4.78, 5) is 27.9. The van der Waals surface area contributed by atoms with Crippen LogP contribution in [0, 0.1) is 5.82 Å². The molecule has 0 radical (unpaired) electrons. The summed E-state index contributed by atoms with van der Waals surface area (Å²) in [6.07, 6.45) is 0. The topological polar surface area (TPSA) is 85.1 Å². The van der Waals surface area contributed by atoms with Crippen LogP contribution in [0.25, 0.3) is 0 Å². The van der Waals surface area contributed by atoms with Gasteiger partial charge in [0.25, 0.3) is 5.91 Å². The number of nitrogens with two attached hydrogens (primary N) is 1. The van der Waals surface area contributed by atoms with E-state index in [0.29, 0.717) is 35.7 Å². The number of benzene rings is 2. The average Bonchev–Trinajstić information content (AvgIpc) is 3.11. The number of ether oxygens (including phenoxy) is 2. The van der Waals surface area contributed by atoms with Gasteiger partial charge < -0.3 is 20.1 Å². The molecule has 2 heterocycles. The summed E-state index contributed by atoms with van der Waals surface area (Å²) >= 11 is 0. The summed E-state index contributed by atoms with van der Waals surface area (Å²) in [6, 6.07) is 10.2. The van der Waals surface area contributed by atoms with Crippen LogP contribution < -0.4 is 10.5 Å². The van der Waals surface area contributed by atoms with Gasteiger partial charge in [0.2, 0.25) is 5.91 Å². The van der Waals surface area contributed by atoms with Crippen LogP contribution in [0.2, 0.25) is 0 Å². The molecule has 1 saturated heterocycles. The number of rotatable bonds is 7. The molecule has 0 aliphatic carbocycles. The standard InChI is InChI=1S/C22H25BFN3O4/c23-20(21(25)28)27-12-17-16(22(27)29)2-1-3-19(17)31-13-15-10-14(4-5-18(15)24)11-26-6-8-30-9-7-26/h1-5,10,20H,6-9,11-13,23H2,(H2,25,28). The normalized spacial score (nSPS) is 17.5. The van der Waals surface area contributed by atoms with Gasteiger partial charge in [-0.2, -0.15) is 0 Å². The van der Waals surface area contributed by atoms with Crippen LogP contribution in [0.15, 0.2) is 36.4 Å². The molecule has 2 aliphatic rings. The summed E-state index contributed by atoms with van der Waals surface area (Å²) in [5.41, 5.74) is 8.00. The van der Waals surface area contributed by atoms with Crippen molar-refractivity contribution in [2.45, 2.75) is 25.6 Å². The summed E-state index contributed by atoms with van der Waals surface area (Å²) in [6.45, 7) is 4.13. The highest BCUT2D eigenvalue weighted by Crippen LogP contribution is 2.32. The fourth-order valence-corrected chi connectivity index (χ4v) is 3.94. The Bertz CT molecular complexity index is 997. The minimum absolute atomic E-state index is 0.0405. The number of morpholine rings is 1. The Kier molecular flexibility index (Phi) is 6.24. The smallest absolute Gasteiger partial charge is 0.254 e. The second-order valence-corrected chi connectivity index (χ2v) is 7.90. The lowest BCUT2D eigenvalue weighted by atomic mass is 9.94. The number of primary amides is 1. The third kappa shape index (κ3) is 4.57. The fraction of sp³-hybridized carbons (Fsp3) is 0.364. The van der Waals surface area contributed by atoms with Gasteiger partial charge in [0.15, 0.2) is 0 Å². The third-order valence-electron chi connectivity index (χ3n) is 5.84. The van der Waals surface area contributed by atoms with Crippen molar-refractivity contribution < 1.29 is 23.5 Å². The molecule has 9 heteroatoms. The summed E-state index contributed by atoms with van der Waals surface area (Å²) < 4.78 is 25.7. The number of hydrogen-bond donors (Lipinski definition) is 1. The van der Waals surface area contributed by atoms with Gasteiger partial charge >= 0.3 is 0 Å². The molecule has 31 heavy (non-hydrogen) atoms. The minimum Gasteiger partial charge on any atom is -0.488 e. The molecule has 162 valence electrons. The van der Waals surface area contributed by atoms with Gasteiger partial charge in [0.1, 0.15) is 26.0 Å². The zero-order valence-electron chi connectivity index (χ0n) is 17.5. The molecule has 2 amide bonds. The molecule has 1 fully saturated rings. The van der Waals surface area contributed by atoms with E-state index in [0.717, 1.165) is 25.2 Å². The first kappa shape index (κ1) is 21.3. The van der Waals surface area contributed by atoms with E-state index in [1.54, 1.807) is 32.1 Å². The number of halogens is 1. The molecule has 0 bridgehead atoms. The maximum absolute atomic E-state index is 14.4. The van der Waals surface area contributed by atoms with E-state index in [9.17, 15) is 14.0 Å². The number of carbonyl (C=O) groups excluding carboxylic acids is 2. The van der Waals surface area contributed by atoms with E-state index in [2.05, 4.69) is 4.90 Å². The highest BCUT2D eigenvalue weighted by Gasteiger charge is 2.34. The fourth-order valence-electron chi connectivity index (χ4n) is 3.94. The number of nitrogens with zero attached hydrogens (tertiary/aromatic N) is 2. The highest BCUT2D eigenvalue weighted by atomic mass is 19.1. The molecule has 0 spiro atoms. The number of amides is 2. The number of carbonyl (C=O) groups is 2. The molecule has 1 atom stereocenters. The molecular formula is C22H25BFN3O4. The van der Waals surface area contributed by atoms with E-state index < -0.39 is 11.8 Å². The van der Waals surface area contributed by atoms with E-state index in [1.165, 1.54) is 11.0 Å². The summed E-state index contributed by atoms with van der Waals surface area (Å²) in [7, 11) is 1.60. The van der Waals surface area contributed by atoms with Crippen LogP contribution in [-0.4, -0.2) is 61.7 Å². The van der Waals surface area contributed by atoms with Crippen molar-refractivity contribution in [1.29, 1.82) is 0 Å².